The number of aliphatic carboxylic acids is 1. The number of carbonyl (C=O) groups excluding carboxylic acids is 1. The number of halogens is 1. The highest BCUT2D eigenvalue weighted by atomic mass is 35.5. The van der Waals surface area contributed by atoms with Crippen molar-refractivity contribution in [1.29, 1.82) is 0 Å². The molecule has 0 aromatic heterocycles. The molecule has 0 saturated heterocycles. The third kappa shape index (κ3) is 5.71. The van der Waals surface area contributed by atoms with Gasteiger partial charge in [-0.25, -0.2) is 18.4 Å². The Morgan fingerprint density at radius 2 is 1.71 bits per heavy atom. The number of ether oxygens (including phenoxy) is 1. The number of rotatable bonds is 8. The van der Waals surface area contributed by atoms with Gasteiger partial charge in [0.2, 0.25) is 10.0 Å². The molecule has 0 heterocycles. The number of hydrogen-bond donors (Lipinski definition) is 4. The molecule has 0 aliphatic rings. The summed E-state index contributed by atoms with van der Waals surface area (Å²) >= 11 is 5.78. The fraction of sp³-hybridized carbons (Fsp3) is 0.0588. The van der Waals surface area contributed by atoms with Gasteiger partial charge in [-0.2, -0.15) is 0 Å². The average Bonchev–Trinajstić information content (AvgIpc) is 2.64. The first-order valence-corrected chi connectivity index (χ1v) is 9.53. The zero-order valence-corrected chi connectivity index (χ0v) is 15.9. The van der Waals surface area contributed by atoms with E-state index in [-0.39, 0.29) is 15.5 Å². The summed E-state index contributed by atoms with van der Waals surface area (Å²) in [6.45, 7) is 3.31. The molecule has 2 aromatic rings. The highest BCUT2D eigenvalue weighted by Gasteiger charge is 2.16. The Labute approximate surface area is 165 Å². The second-order valence-corrected chi connectivity index (χ2v) is 7.39. The summed E-state index contributed by atoms with van der Waals surface area (Å²) in [7, 11) is -4.08. The van der Waals surface area contributed by atoms with Gasteiger partial charge >= 0.3 is 5.97 Å². The van der Waals surface area contributed by atoms with E-state index in [0.717, 1.165) is 6.07 Å². The fourth-order valence-electron chi connectivity index (χ4n) is 2.04. The lowest BCUT2D eigenvalue weighted by molar-refractivity contribution is -0.139. The van der Waals surface area contributed by atoms with E-state index in [1.54, 1.807) is 24.3 Å². The lowest BCUT2D eigenvalue weighted by atomic mass is 10.2. The van der Waals surface area contributed by atoms with Crippen molar-refractivity contribution in [3.8, 4) is 5.75 Å². The summed E-state index contributed by atoms with van der Waals surface area (Å²) in [5, 5.41) is 13.5. The van der Waals surface area contributed by atoms with Crippen molar-refractivity contribution < 1.29 is 27.9 Å². The molecule has 0 fully saturated rings. The SMILES string of the molecule is C=C(NNC(=O)c1ccc(Cl)c(S(N)(=O)=O)c1)c1ccc(OCC(=O)O)cc1. The fourth-order valence-corrected chi connectivity index (χ4v) is 3.11. The van der Waals surface area contributed by atoms with Crippen LogP contribution in [0.4, 0.5) is 0 Å². The second-order valence-electron chi connectivity index (χ2n) is 5.45. The maximum atomic E-state index is 12.2. The standard InChI is InChI=1S/C17H16ClN3O6S/c1-10(11-2-5-13(6-3-11)27-9-16(22)23)20-21-17(24)12-4-7-14(18)15(8-12)28(19,25)26/h2-8,20H,1,9H2,(H,21,24)(H,22,23)(H2,19,25,26). The Hall–Kier alpha value is -3.08. The number of amides is 1. The molecule has 0 bridgehead atoms. The minimum absolute atomic E-state index is 0.0196. The predicted molar refractivity (Wildman–Crippen MR) is 102 cm³/mol. The van der Waals surface area contributed by atoms with Crippen LogP contribution in [-0.2, 0) is 14.8 Å². The zero-order chi connectivity index (χ0) is 20.9. The Bertz CT molecular complexity index is 1020. The molecule has 2 aromatic carbocycles. The number of hydrazine groups is 1. The average molecular weight is 426 g/mol. The maximum Gasteiger partial charge on any atom is 0.341 e. The Morgan fingerprint density at radius 3 is 2.29 bits per heavy atom. The summed E-state index contributed by atoms with van der Waals surface area (Å²) in [5.41, 5.74) is 5.92. The summed E-state index contributed by atoms with van der Waals surface area (Å²) in [5.74, 6) is -1.37. The van der Waals surface area contributed by atoms with E-state index in [2.05, 4.69) is 17.4 Å². The molecule has 1 amide bonds. The van der Waals surface area contributed by atoms with Crippen LogP contribution in [0.15, 0.2) is 53.9 Å². The predicted octanol–water partition coefficient (Wildman–Crippen LogP) is 1.36. The summed E-state index contributed by atoms with van der Waals surface area (Å²) in [4.78, 5) is 22.3. The van der Waals surface area contributed by atoms with E-state index in [1.165, 1.54) is 12.1 Å². The van der Waals surface area contributed by atoms with Crippen molar-refractivity contribution in [3.63, 3.8) is 0 Å². The minimum atomic E-state index is -4.08. The second kappa shape index (κ2) is 8.74. The number of carboxylic acids is 1. The lowest BCUT2D eigenvalue weighted by Crippen LogP contribution is -2.36. The number of carbonyl (C=O) groups is 2. The smallest absolute Gasteiger partial charge is 0.341 e. The normalized spacial score (nSPS) is 10.8. The molecule has 11 heteroatoms. The first kappa shape index (κ1) is 21.2. The minimum Gasteiger partial charge on any atom is -0.482 e. The van der Waals surface area contributed by atoms with Gasteiger partial charge in [-0.1, -0.05) is 18.2 Å². The molecule has 5 N–H and O–H groups in total. The molecule has 28 heavy (non-hydrogen) atoms. The first-order chi connectivity index (χ1) is 13.1. The number of benzene rings is 2. The molecule has 0 spiro atoms. The highest BCUT2D eigenvalue weighted by Crippen LogP contribution is 2.21. The summed E-state index contributed by atoms with van der Waals surface area (Å²) < 4.78 is 28.0. The Balaban J connectivity index is 2.01. The van der Waals surface area contributed by atoms with Crippen LogP contribution in [-0.4, -0.2) is 32.0 Å². The number of sulfonamides is 1. The maximum absolute atomic E-state index is 12.2. The van der Waals surface area contributed by atoms with Crippen molar-refractivity contribution in [1.82, 2.24) is 10.9 Å². The van der Waals surface area contributed by atoms with E-state index < -0.39 is 28.5 Å². The molecule has 2 rings (SSSR count). The number of primary sulfonamides is 1. The van der Waals surface area contributed by atoms with E-state index in [0.29, 0.717) is 17.0 Å². The van der Waals surface area contributed by atoms with E-state index in [1.807, 2.05) is 0 Å². The van der Waals surface area contributed by atoms with Gasteiger partial charge in [-0.3, -0.25) is 15.6 Å². The van der Waals surface area contributed by atoms with Gasteiger partial charge < -0.3 is 9.84 Å². The van der Waals surface area contributed by atoms with E-state index in [4.69, 9.17) is 26.6 Å². The van der Waals surface area contributed by atoms with Crippen LogP contribution in [0.25, 0.3) is 5.70 Å². The van der Waals surface area contributed by atoms with Crippen molar-refractivity contribution in [2.45, 2.75) is 4.90 Å². The van der Waals surface area contributed by atoms with Gasteiger partial charge in [0, 0.05) is 5.56 Å². The summed E-state index contributed by atoms with van der Waals surface area (Å²) in [6, 6.07) is 9.97. The van der Waals surface area contributed by atoms with E-state index >= 15 is 0 Å². The van der Waals surface area contributed by atoms with Crippen LogP contribution in [0.3, 0.4) is 0 Å². The molecule has 0 saturated carbocycles. The van der Waals surface area contributed by atoms with Gasteiger partial charge in [0.15, 0.2) is 6.61 Å². The summed E-state index contributed by atoms with van der Waals surface area (Å²) in [6.07, 6.45) is 0. The zero-order valence-electron chi connectivity index (χ0n) is 14.3. The quantitative estimate of drug-likeness (QED) is 0.466. The molecule has 0 radical (unpaired) electrons. The monoisotopic (exact) mass is 425 g/mol. The molecule has 0 atom stereocenters. The largest absolute Gasteiger partial charge is 0.482 e. The van der Waals surface area contributed by atoms with E-state index in [9.17, 15) is 18.0 Å². The number of carboxylic acid groups (broad SMARTS) is 1. The molecule has 0 unspecified atom stereocenters. The van der Waals surface area contributed by atoms with Gasteiger partial charge in [-0.05, 0) is 48.0 Å². The number of hydrogen-bond acceptors (Lipinski definition) is 6. The van der Waals surface area contributed by atoms with Crippen LogP contribution >= 0.6 is 11.6 Å². The lowest BCUT2D eigenvalue weighted by Gasteiger charge is -2.12. The number of nitrogens with one attached hydrogen (secondary N) is 2. The Kier molecular flexibility index (Phi) is 6.62. The van der Waals surface area contributed by atoms with Crippen LogP contribution in [0.5, 0.6) is 5.75 Å². The van der Waals surface area contributed by atoms with Gasteiger partial charge in [0.25, 0.3) is 5.91 Å². The molecule has 0 aliphatic carbocycles. The third-order valence-corrected chi connectivity index (χ3v) is 4.78. The van der Waals surface area contributed by atoms with Crippen LogP contribution in [0.2, 0.25) is 5.02 Å². The van der Waals surface area contributed by atoms with Crippen molar-refractivity contribution in [2.24, 2.45) is 5.14 Å². The van der Waals surface area contributed by atoms with Gasteiger partial charge in [0.1, 0.15) is 10.6 Å². The van der Waals surface area contributed by atoms with Crippen LogP contribution in [0, 0.1) is 0 Å². The molecule has 0 aliphatic heterocycles. The van der Waals surface area contributed by atoms with Gasteiger partial charge in [-0.15, -0.1) is 0 Å². The topological polar surface area (TPSA) is 148 Å². The third-order valence-electron chi connectivity index (χ3n) is 3.39. The van der Waals surface area contributed by atoms with Crippen LogP contribution in [0.1, 0.15) is 15.9 Å². The first-order valence-electron chi connectivity index (χ1n) is 7.60. The molecular formula is C17H16ClN3O6S. The number of nitrogens with two attached hydrogens (primary N) is 1. The van der Waals surface area contributed by atoms with Crippen molar-refractivity contribution in [3.05, 3.63) is 65.2 Å². The van der Waals surface area contributed by atoms with Crippen LogP contribution < -0.4 is 20.7 Å². The molecule has 148 valence electrons. The van der Waals surface area contributed by atoms with Crippen molar-refractivity contribution >= 4 is 39.2 Å². The molecule has 9 nitrogen and oxygen atoms in total. The Morgan fingerprint density at radius 1 is 1.11 bits per heavy atom. The highest BCUT2D eigenvalue weighted by molar-refractivity contribution is 7.89. The van der Waals surface area contributed by atoms with Gasteiger partial charge in [0.05, 0.1) is 10.7 Å². The molecular weight excluding hydrogens is 410 g/mol. The van der Waals surface area contributed by atoms with Crippen molar-refractivity contribution in [2.75, 3.05) is 6.61 Å².